The summed E-state index contributed by atoms with van der Waals surface area (Å²) < 4.78 is 36.0. The lowest BCUT2D eigenvalue weighted by Crippen LogP contribution is -2.38. The average molecular weight is 376 g/mol. The largest absolute Gasteiger partial charge is 0.325 e. The first-order valence-corrected chi connectivity index (χ1v) is 10.2. The molecule has 0 unspecified atom stereocenters. The number of halogens is 1. The van der Waals surface area contributed by atoms with Crippen molar-refractivity contribution in [3.8, 4) is 0 Å². The third-order valence-corrected chi connectivity index (χ3v) is 5.58. The molecule has 1 amide bonds. The summed E-state index contributed by atoms with van der Waals surface area (Å²) in [5.74, 6) is -0.775. The lowest BCUT2D eigenvalue weighted by Gasteiger charge is -2.28. The normalized spacial score (nSPS) is 16.4. The minimum absolute atomic E-state index is 0.167. The number of hydrogen-bond acceptors (Lipinski definition) is 3. The molecular weight excluding hydrogens is 355 g/mol. The number of primary sulfonamides is 1. The highest BCUT2D eigenvalue weighted by Crippen LogP contribution is 2.42. The molecule has 26 heavy (non-hydrogen) atoms. The van der Waals surface area contributed by atoms with E-state index in [-0.39, 0.29) is 17.5 Å². The molecule has 1 aliphatic rings. The second-order valence-electron chi connectivity index (χ2n) is 6.76. The Balaban J connectivity index is 1.81. The van der Waals surface area contributed by atoms with E-state index in [0.717, 1.165) is 12.8 Å². The fourth-order valence-corrected chi connectivity index (χ4v) is 4.24. The number of hydrogen-bond donors (Lipinski definition) is 2. The molecule has 3 N–H and O–H groups in total. The zero-order chi connectivity index (χ0) is 18.8. The van der Waals surface area contributed by atoms with Crippen molar-refractivity contribution in [3.05, 3.63) is 65.5 Å². The number of nitrogens with two attached hydrogens (primary N) is 1. The van der Waals surface area contributed by atoms with Crippen LogP contribution in [0.2, 0.25) is 0 Å². The Morgan fingerprint density at radius 1 is 1.12 bits per heavy atom. The van der Waals surface area contributed by atoms with E-state index in [9.17, 15) is 17.6 Å². The number of anilines is 1. The van der Waals surface area contributed by atoms with Crippen LogP contribution in [0.3, 0.4) is 0 Å². The molecule has 0 aliphatic heterocycles. The van der Waals surface area contributed by atoms with Crippen molar-refractivity contribution in [2.24, 2.45) is 5.14 Å². The van der Waals surface area contributed by atoms with Crippen LogP contribution in [0.15, 0.2) is 48.5 Å². The molecule has 2 aromatic carbocycles. The first-order chi connectivity index (χ1) is 12.3. The van der Waals surface area contributed by atoms with Gasteiger partial charge in [0.25, 0.3) is 0 Å². The number of sulfonamides is 1. The van der Waals surface area contributed by atoms with Gasteiger partial charge in [-0.05, 0) is 48.2 Å². The molecule has 2 aromatic rings. The Labute approximate surface area is 152 Å². The maximum absolute atomic E-state index is 13.7. The molecule has 1 aliphatic carbocycles. The van der Waals surface area contributed by atoms with Crippen molar-refractivity contribution in [2.45, 2.75) is 36.9 Å². The molecule has 0 saturated heterocycles. The van der Waals surface area contributed by atoms with E-state index in [4.69, 9.17) is 5.14 Å². The Morgan fingerprint density at radius 2 is 1.77 bits per heavy atom. The lowest BCUT2D eigenvalue weighted by atomic mass is 9.78. The molecule has 1 saturated carbocycles. The molecule has 3 rings (SSSR count). The third-order valence-electron chi connectivity index (χ3n) is 4.85. The van der Waals surface area contributed by atoms with E-state index >= 15 is 0 Å². The average Bonchev–Trinajstić information content (AvgIpc) is 3.06. The summed E-state index contributed by atoms with van der Waals surface area (Å²) in [5.41, 5.74) is 1.07. The van der Waals surface area contributed by atoms with Crippen molar-refractivity contribution in [2.75, 3.05) is 5.32 Å². The molecule has 0 atom stereocenters. The van der Waals surface area contributed by atoms with Crippen molar-refractivity contribution < 1.29 is 17.6 Å². The van der Waals surface area contributed by atoms with Crippen LogP contribution >= 0.6 is 0 Å². The summed E-state index contributed by atoms with van der Waals surface area (Å²) >= 11 is 0. The van der Waals surface area contributed by atoms with Crippen molar-refractivity contribution in [3.63, 3.8) is 0 Å². The van der Waals surface area contributed by atoms with Gasteiger partial charge in [-0.15, -0.1) is 0 Å². The summed E-state index contributed by atoms with van der Waals surface area (Å²) in [6.45, 7) is 0. The number of rotatable bonds is 5. The Bertz CT molecular complexity index is 905. The summed E-state index contributed by atoms with van der Waals surface area (Å²) in [7, 11) is -3.60. The quantitative estimate of drug-likeness (QED) is 0.840. The maximum Gasteiger partial charge on any atom is 0.235 e. The standard InChI is InChI=1S/C19H21FN2O3S/c20-16-5-3-4-15(12-16)19(10-1-2-11-19)18(23)22-17-8-6-14(7-9-17)13-26(21,24)25/h3-9,12H,1-2,10-11,13H2,(H,22,23)(H2,21,24,25). The van der Waals surface area contributed by atoms with Crippen molar-refractivity contribution >= 4 is 21.6 Å². The summed E-state index contributed by atoms with van der Waals surface area (Å²) in [5, 5.41) is 7.93. The Kier molecular flexibility index (Phi) is 5.11. The molecule has 0 radical (unpaired) electrons. The molecule has 0 bridgehead atoms. The van der Waals surface area contributed by atoms with Crippen LogP contribution in [0.5, 0.6) is 0 Å². The number of nitrogens with one attached hydrogen (secondary N) is 1. The van der Waals surface area contributed by atoms with Gasteiger partial charge in [0.15, 0.2) is 0 Å². The van der Waals surface area contributed by atoms with Gasteiger partial charge in [-0.2, -0.15) is 0 Å². The van der Waals surface area contributed by atoms with E-state index in [1.165, 1.54) is 12.1 Å². The van der Waals surface area contributed by atoms with Crippen molar-refractivity contribution in [1.82, 2.24) is 0 Å². The molecule has 138 valence electrons. The van der Waals surface area contributed by atoms with Crippen LogP contribution in [0, 0.1) is 5.82 Å². The van der Waals surface area contributed by atoms with Gasteiger partial charge in [-0.1, -0.05) is 37.1 Å². The summed E-state index contributed by atoms with van der Waals surface area (Å²) in [6, 6.07) is 12.7. The second kappa shape index (κ2) is 7.17. The van der Waals surface area contributed by atoms with E-state index in [1.54, 1.807) is 36.4 Å². The van der Waals surface area contributed by atoms with Crippen LogP contribution in [0.25, 0.3) is 0 Å². The first kappa shape index (κ1) is 18.5. The zero-order valence-corrected chi connectivity index (χ0v) is 15.1. The van der Waals surface area contributed by atoms with Crippen LogP contribution in [0.1, 0.15) is 36.8 Å². The van der Waals surface area contributed by atoms with Gasteiger partial charge in [0, 0.05) is 5.69 Å². The summed E-state index contributed by atoms with van der Waals surface area (Å²) in [4.78, 5) is 13.0. The van der Waals surface area contributed by atoms with Gasteiger partial charge in [0.1, 0.15) is 5.82 Å². The minimum atomic E-state index is -3.60. The molecule has 0 spiro atoms. The van der Waals surface area contributed by atoms with Gasteiger partial charge < -0.3 is 5.32 Å². The highest BCUT2D eigenvalue weighted by Gasteiger charge is 2.42. The van der Waals surface area contributed by atoms with E-state index in [1.807, 2.05) is 0 Å². The van der Waals surface area contributed by atoms with Crippen LogP contribution in [0.4, 0.5) is 10.1 Å². The Morgan fingerprint density at radius 3 is 2.35 bits per heavy atom. The number of benzene rings is 2. The molecule has 1 fully saturated rings. The maximum atomic E-state index is 13.7. The molecule has 5 nitrogen and oxygen atoms in total. The third kappa shape index (κ3) is 4.11. The van der Waals surface area contributed by atoms with Gasteiger partial charge >= 0.3 is 0 Å². The van der Waals surface area contributed by atoms with Gasteiger partial charge in [-0.25, -0.2) is 17.9 Å². The van der Waals surface area contributed by atoms with E-state index < -0.39 is 15.4 Å². The number of carbonyl (C=O) groups excluding carboxylic acids is 1. The zero-order valence-electron chi connectivity index (χ0n) is 14.2. The Hall–Kier alpha value is -2.25. The first-order valence-electron chi connectivity index (χ1n) is 8.45. The molecule has 7 heteroatoms. The van der Waals surface area contributed by atoms with E-state index in [0.29, 0.717) is 29.7 Å². The van der Waals surface area contributed by atoms with Crippen LogP contribution < -0.4 is 10.5 Å². The number of carbonyl (C=O) groups is 1. The second-order valence-corrected chi connectivity index (χ2v) is 8.37. The number of amides is 1. The molecule has 0 heterocycles. The van der Waals surface area contributed by atoms with E-state index in [2.05, 4.69) is 5.32 Å². The van der Waals surface area contributed by atoms with Gasteiger partial charge in [-0.3, -0.25) is 4.79 Å². The molecular formula is C19H21FN2O3S. The predicted molar refractivity (Wildman–Crippen MR) is 98.4 cm³/mol. The topological polar surface area (TPSA) is 89.3 Å². The van der Waals surface area contributed by atoms with Crippen LogP contribution in [-0.4, -0.2) is 14.3 Å². The fraction of sp³-hybridized carbons (Fsp3) is 0.316. The highest BCUT2D eigenvalue weighted by atomic mass is 32.2. The van der Waals surface area contributed by atoms with Crippen molar-refractivity contribution in [1.29, 1.82) is 0 Å². The highest BCUT2D eigenvalue weighted by molar-refractivity contribution is 7.88. The van der Waals surface area contributed by atoms with Crippen LogP contribution in [-0.2, 0) is 26.0 Å². The SMILES string of the molecule is NS(=O)(=O)Cc1ccc(NC(=O)C2(c3cccc(F)c3)CCCC2)cc1. The van der Waals surface area contributed by atoms with Gasteiger partial charge in [0.05, 0.1) is 11.2 Å². The molecule has 0 aromatic heterocycles. The van der Waals surface area contributed by atoms with Gasteiger partial charge in [0.2, 0.25) is 15.9 Å². The minimum Gasteiger partial charge on any atom is -0.325 e. The lowest BCUT2D eigenvalue weighted by molar-refractivity contribution is -0.121. The fourth-order valence-electron chi connectivity index (χ4n) is 3.58. The monoisotopic (exact) mass is 376 g/mol. The smallest absolute Gasteiger partial charge is 0.235 e. The summed E-state index contributed by atoms with van der Waals surface area (Å²) in [6.07, 6.45) is 3.17. The predicted octanol–water partition coefficient (Wildman–Crippen LogP) is 3.06.